The van der Waals surface area contributed by atoms with Gasteiger partial charge >= 0.3 is 0 Å². The van der Waals surface area contributed by atoms with Crippen LogP contribution in [0.25, 0.3) is 0 Å². The summed E-state index contributed by atoms with van der Waals surface area (Å²) < 4.78 is 24.7. The first-order valence-corrected chi connectivity index (χ1v) is 8.76. The molecule has 1 aromatic rings. The number of hydrogen-bond donors (Lipinski definition) is 1. The highest BCUT2D eigenvalue weighted by Gasteiger charge is 2.40. The van der Waals surface area contributed by atoms with Crippen LogP contribution in [0.3, 0.4) is 0 Å². The minimum Gasteiger partial charge on any atom is -0.311 e. The Balaban J connectivity index is 1.58. The van der Waals surface area contributed by atoms with Crippen molar-refractivity contribution >= 4 is 9.84 Å². The number of nitrogens with one attached hydrogen (secondary N) is 1. The third-order valence-electron chi connectivity index (χ3n) is 4.43. The van der Waals surface area contributed by atoms with Gasteiger partial charge in [0.15, 0.2) is 9.84 Å². The summed E-state index contributed by atoms with van der Waals surface area (Å²) >= 11 is 0. The van der Waals surface area contributed by atoms with E-state index in [1.165, 1.54) is 25.7 Å². The van der Waals surface area contributed by atoms with Crippen LogP contribution < -0.4 is 5.32 Å². The smallest absolute Gasteiger partial charge is 0.181 e. The van der Waals surface area contributed by atoms with Crippen LogP contribution in [0.1, 0.15) is 38.5 Å². The molecule has 0 atom stereocenters. The predicted octanol–water partition coefficient (Wildman–Crippen LogP) is 2.52. The molecule has 0 aromatic heterocycles. The lowest BCUT2D eigenvalue weighted by atomic mass is 9.91. The maximum Gasteiger partial charge on any atom is 0.181 e. The molecule has 0 heterocycles. The minimum absolute atomic E-state index is 0.186. The number of rotatable bonds is 4. The average Bonchev–Trinajstić information content (AvgIpc) is 2.87. The molecule has 104 valence electrons. The first-order valence-electron chi connectivity index (χ1n) is 7.21. The molecule has 3 rings (SSSR count). The van der Waals surface area contributed by atoms with Crippen molar-refractivity contribution in [2.24, 2.45) is 0 Å². The Morgan fingerprint density at radius 1 is 0.947 bits per heavy atom. The fraction of sp³-hybridized carbons (Fsp3) is 0.600. The van der Waals surface area contributed by atoms with Crippen LogP contribution in [-0.4, -0.2) is 25.8 Å². The first kappa shape index (κ1) is 13.1. The lowest BCUT2D eigenvalue weighted by Crippen LogP contribution is -2.50. The molecule has 0 radical (unpaired) electrons. The molecule has 0 unspecified atom stereocenters. The van der Waals surface area contributed by atoms with Crippen molar-refractivity contribution in [3.05, 3.63) is 30.3 Å². The Morgan fingerprint density at radius 2 is 1.58 bits per heavy atom. The molecule has 2 aliphatic rings. The molecule has 0 spiro atoms. The van der Waals surface area contributed by atoms with Crippen LogP contribution in [-0.2, 0) is 9.84 Å². The second-order valence-electron chi connectivity index (χ2n) is 5.80. The molecule has 19 heavy (non-hydrogen) atoms. The molecule has 0 bridgehead atoms. The van der Waals surface area contributed by atoms with E-state index in [0.717, 1.165) is 12.8 Å². The summed E-state index contributed by atoms with van der Waals surface area (Å²) in [6.07, 6.45) is 6.69. The van der Waals surface area contributed by atoms with E-state index >= 15 is 0 Å². The van der Waals surface area contributed by atoms with Crippen molar-refractivity contribution in [1.29, 1.82) is 0 Å². The molecule has 0 aliphatic heterocycles. The van der Waals surface area contributed by atoms with Crippen LogP contribution in [0.2, 0.25) is 0 Å². The molecule has 1 aromatic carbocycles. The minimum atomic E-state index is -3.11. The van der Waals surface area contributed by atoms with Crippen LogP contribution in [0.4, 0.5) is 0 Å². The zero-order chi connectivity index (χ0) is 13.3. The van der Waals surface area contributed by atoms with Crippen molar-refractivity contribution in [2.45, 2.75) is 60.8 Å². The Kier molecular flexibility index (Phi) is 3.63. The monoisotopic (exact) mass is 279 g/mol. The van der Waals surface area contributed by atoms with Gasteiger partial charge < -0.3 is 5.32 Å². The van der Waals surface area contributed by atoms with Crippen molar-refractivity contribution in [3.63, 3.8) is 0 Å². The van der Waals surface area contributed by atoms with Gasteiger partial charge in [0.05, 0.1) is 10.1 Å². The SMILES string of the molecule is O=S(=O)(c1ccccc1)C1CC(NC2CCCC2)C1. The third-order valence-corrected chi connectivity index (χ3v) is 6.62. The fourth-order valence-corrected chi connectivity index (χ4v) is 5.08. The van der Waals surface area contributed by atoms with E-state index in [-0.39, 0.29) is 5.25 Å². The summed E-state index contributed by atoms with van der Waals surface area (Å²) in [5.74, 6) is 0. The number of sulfone groups is 1. The molecule has 2 aliphatic carbocycles. The van der Waals surface area contributed by atoms with Gasteiger partial charge in [0.2, 0.25) is 0 Å². The van der Waals surface area contributed by atoms with Crippen molar-refractivity contribution < 1.29 is 8.42 Å². The standard InChI is InChI=1S/C15H21NO2S/c17-19(18,14-8-2-1-3-9-14)15-10-13(11-15)16-12-6-4-5-7-12/h1-3,8-9,12-13,15-16H,4-7,10-11H2. The van der Waals surface area contributed by atoms with E-state index in [1.807, 2.05) is 6.07 Å². The van der Waals surface area contributed by atoms with E-state index in [1.54, 1.807) is 24.3 Å². The van der Waals surface area contributed by atoms with E-state index in [4.69, 9.17) is 0 Å². The molecule has 3 nitrogen and oxygen atoms in total. The van der Waals surface area contributed by atoms with Crippen molar-refractivity contribution in [2.75, 3.05) is 0 Å². The Bertz CT molecular complexity index is 514. The van der Waals surface area contributed by atoms with Gasteiger partial charge in [0.1, 0.15) is 0 Å². The van der Waals surface area contributed by atoms with Gasteiger partial charge in [0, 0.05) is 12.1 Å². The summed E-state index contributed by atoms with van der Waals surface area (Å²) in [4.78, 5) is 0.472. The molecular formula is C15H21NO2S. The summed E-state index contributed by atoms with van der Waals surface area (Å²) in [6, 6.07) is 9.88. The second-order valence-corrected chi connectivity index (χ2v) is 8.02. The molecule has 1 N–H and O–H groups in total. The highest BCUT2D eigenvalue weighted by Crippen LogP contribution is 2.33. The van der Waals surface area contributed by atoms with Gasteiger partial charge in [-0.2, -0.15) is 0 Å². The van der Waals surface area contributed by atoms with Gasteiger partial charge in [-0.3, -0.25) is 0 Å². The average molecular weight is 279 g/mol. The predicted molar refractivity (Wildman–Crippen MR) is 75.8 cm³/mol. The van der Waals surface area contributed by atoms with Crippen molar-refractivity contribution in [3.8, 4) is 0 Å². The quantitative estimate of drug-likeness (QED) is 0.921. The molecular weight excluding hydrogens is 258 g/mol. The highest BCUT2D eigenvalue weighted by molar-refractivity contribution is 7.92. The van der Waals surface area contributed by atoms with Crippen LogP contribution in [0, 0.1) is 0 Å². The number of benzene rings is 1. The molecule has 0 saturated heterocycles. The van der Waals surface area contributed by atoms with Crippen molar-refractivity contribution in [1.82, 2.24) is 5.32 Å². The lowest BCUT2D eigenvalue weighted by molar-refractivity contribution is 0.305. The fourth-order valence-electron chi connectivity index (χ4n) is 3.18. The summed E-state index contributed by atoms with van der Waals surface area (Å²) in [5, 5.41) is 3.42. The summed E-state index contributed by atoms with van der Waals surface area (Å²) in [7, 11) is -3.11. The summed E-state index contributed by atoms with van der Waals surface area (Å²) in [5.41, 5.74) is 0. The molecule has 0 amide bonds. The van der Waals surface area contributed by atoms with Gasteiger partial charge in [0.25, 0.3) is 0 Å². The van der Waals surface area contributed by atoms with E-state index < -0.39 is 9.84 Å². The number of hydrogen-bond acceptors (Lipinski definition) is 3. The lowest BCUT2D eigenvalue weighted by Gasteiger charge is -2.37. The zero-order valence-electron chi connectivity index (χ0n) is 11.1. The Hall–Kier alpha value is -0.870. The van der Waals surface area contributed by atoms with E-state index in [2.05, 4.69) is 5.32 Å². The Morgan fingerprint density at radius 3 is 2.21 bits per heavy atom. The topological polar surface area (TPSA) is 46.2 Å². The van der Waals surface area contributed by atoms with Gasteiger partial charge in [-0.1, -0.05) is 31.0 Å². The first-order chi connectivity index (χ1) is 9.16. The molecule has 4 heteroatoms. The van der Waals surface area contributed by atoms with Crippen LogP contribution in [0.5, 0.6) is 0 Å². The maximum absolute atomic E-state index is 12.4. The van der Waals surface area contributed by atoms with Gasteiger partial charge in [-0.15, -0.1) is 0 Å². The second kappa shape index (κ2) is 5.25. The maximum atomic E-state index is 12.4. The van der Waals surface area contributed by atoms with E-state index in [0.29, 0.717) is 17.0 Å². The highest BCUT2D eigenvalue weighted by atomic mass is 32.2. The van der Waals surface area contributed by atoms with Gasteiger partial charge in [-0.25, -0.2) is 8.42 Å². The third kappa shape index (κ3) is 2.70. The van der Waals surface area contributed by atoms with Crippen LogP contribution in [0.15, 0.2) is 35.2 Å². The van der Waals surface area contributed by atoms with Crippen LogP contribution >= 0.6 is 0 Å². The van der Waals surface area contributed by atoms with Gasteiger partial charge in [-0.05, 0) is 37.8 Å². The molecule has 2 saturated carbocycles. The zero-order valence-corrected chi connectivity index (χ0v) is 11.9. The normalized spacial score (nSPS) is 28.2. The summed E-state index contributed by atoms with van der Waals surface area (Å²) in [6.45, 7) is 0. The van der Waals surface area contributed by atoms with E-state index in [9.17, 15) is 8.42 Å². The largest absolute Gasteiger partial charge is 0.311 e. The Labute approximate surface area is 115 Å². The molecule has 2 fully saturated rings.